The van der Waals surface area contributed by atoms with Crippen molar-refractivity contribution in [3.8, 4) is 0 Å². The Morgan fingerprint density at radius 1 is 1.42 bits per heavy atom. The van der Waals surface area contributed by atoms with Crippen LogP contribution in [0.4, 0.5) is 4.39 Å². The van der Waals surface area contributed by atoms with Crippen molar-refractivity contribution in [1.29, 1.82) is 0 Å². The lowest BCUT2D eigenvalue weighted by Crippen LogP contribution is -2.44. The van der Waals surface area contributed by atoms with E-state index in [1.54, 1.807) is 12.1 Å². The summed E-state index contributed by atoms with van der Waals surface area (Å²) in [5, 5.41) is 4.45. The molecule has 0 radical (unpaired) electrons. The Balaban J connectivity index is 1.85. The van der Waals surface area contributed by atoms with Gasteiger partial charge in [-0.15, -0.1) is 0 Å². The van der Waals surface area contributed by atoms with Crippen LogP contribution in [0.25, 0.3) is 0 Å². The summed E-state index contributed by atoms with van der Waals surface area (Å²) in [4.78, 5) is 14.7. The second-order valence-electron chi connectivity index (χ2n) is 6.19. The summed E-state index contributed by atoms with van der Waals surface area (Å²) < 4.78 is 20.8. The number of carbonyl (C=O) groups is 1. The first kappa shape index (κ1) is 16.6. The lowest BCUT2D eigenvalue weighted by atomic mass is 10.0. The van der Waals surface area contributed by atoms with Crippen molar-refractivity contribution < 1.29 is 13.9 Å². The van der Waals surface area contributed by atoms with Crippen LogP contribution >= 0.6 is 0 Å². The van der Waals surface area contributed by atoms with E-state index in [4.69, 9.17) is 4.74 Å². The van der Waals surface area contributed by atoms with Crippen LogP contribution < -0.4 is 0 Å². The molecular weight excluding hydrogens is 309 g/mol. The summed E-state index contributed by atoms with van der Waals surface area (Å²) in [6.07, 6.45) is 0.187. The van der Waals surface area contributed by atoms with Gasteiger partial charge in [0.15, 0.2) is 0 Å². The van der Waals surface area contributed by atoms with Crippen molar-refractivity contribution in [3.63, 3.8) is 0 Å². The van der Waals surface area contributed by atoms with E-state index in [0.717, 1.165) is 17.0 Å². The third kappa shape index (κ3) is 3.19. The molecule has 2 aromatic rings. The summed E-state index contributed by atoms with van der Waals surface area (Å²) in [6, 6.07) is 6.05. The topological polar surface area (TPSA) is 47.4 Å². The molecule has 0 saturated carbocycles. The minimum atomic E-state index is -0.322. The van der Waals surface area contributed by atoms with Gasteiger partial charge in [-0.05, 0) is 31.5 Å². The molecule has 0 aliphatic carbocycles. The summed E-state index contributed by atoms with van der Waals surface area (Å²) in [5.41, 5.74) is 3.68. The van der Waals surface area contributed by atoms with Gasteiger partial charge in [0.05, 0.1) is 31.4 Å². The number of nitrogens with zero attached hydrogens (tertiary/aromatic N) is 3. The number of amides is 1. The number of hydrogen-bond acceptors (Lipinski definition) is 3. The van der Waals surface area contributed by atoms with Gasteiger partial charge in [0.2, 0.25) is 5.91 Å². The molecule has 1 aromatic carbocycles. The third-order valence-electron chi connectivity index (χ3n) is 4.59. The lowest BCUT2D eigenvalue weighted by molar-refractivity contribution is -0.139. The zero-order valence-corrected chi connectivity index (χ0v) is 14.3. The number of halogens is 1. The second kappa shape index (κ2) is 6.73. The van der Waals surface area contributed by atoms with Crippen LogP contribution in [0.2, 0.25) is 0 Å². The molecule has 2 heterocycles. The normalized spacial score (nSPS) is 18.0. The zero-order chi connectivity index (χ0) is 17.3. The van der Waals surface area contributed by atoms with Gasteiger partial charge >= 0.3 is 0 Å². The van der Waals surface area contributed by atoms with Crippen molar-refractivity contribution in [2.24, 2.45) is 7.05 Å². The molecule has 3 rings (SSSR count). The molecular formula is C18H22FN3O2. The quantitative estimate of drug-likeness (QED) is 0.867. The van der Waals surface area contributed by atoms with Gasteiger partial charge in [-0.2, -0.15) is 5.10 Å². The van der Waals surface area contributed by atoms with E-state index in [0.29, 0.717) is 25.3 Å². The fourth-order valence-electron chi connectivity index (χ4n) is 3.34. The van der Waals surface area contributed by atoms with Crippen molar-refractivity contribution in [1.82, 2.24) is 14.7 Å². The van der Waals surface area contributed by atoms with Crippen LogP contribution in [0.15, 0.2) is 24.3 Å². The summed E-state index contributed by atoms with van der Waals surface area (Å²) in [5.74, 6) is -0.339. The minimum Gasteiger partial charge on any atom is -0.377 e. The highest BCUT2D eigenvalue weighted by Crippen LogP contribution is 2.29. The second-order valence-corrected chi connectivity index (χ2v) is 6.19. The predicted octanol–water partition coefficient (Wildman–Crippen LogP) is 2.32. The molecule has 1 atom stereocenters. The molecule has 1 aliphatic rings. The van der Waals surface area contributed by atoms with E-state index in [2.05, 4.69) is 5.10 Å². The molecule has 6 heteroatoms. The number of benzene rings is 1. The van der Waals surface area contributed by atoms with E-state index in [1.165, 1.54) is 12.1 Å². The van der Waals surface area contributed by atoms with Crippen LogP contribution in [0.5, 0.6) is 0 Å². The first-order chi connectivity index (χ1) is 11.5. The van der Waals surface area contributed by atoms with E-state index in [1.807, 2.05) is 30.5 Å². The highest BCUT2D eigenvalue weighted by atomic mass is 19.1. The van der Waals surface area contributed by atoms with Crippen LogP contribution in [-0.2, 0) is 23.0 Å². The molecule has 1 unspecified atom stereocenters. The first-order valence-electron chi connectivity index (χ1n) is 8.09. The summed E-state index contributed by atoms with van der Waals surface area (Å²) >= 11 is 0. The van der Waals surface area contributed by atoms with Crippen LogP contribution in [0.1, 0.15) is 28.6 Å². The molecule has 0 bridgehead atoms. The van der Waals surface area contributed by atoms with Gasteiger partial charge in [-0.1, -0.05) is 12.1 Å². The van der Waals surface area contributed by atoms with Gasteiger partial charge in [0.1, 0.15) is 5.82 Å². The molecule has 1 aromatic heterocycles. The average molecular weight is 331 g/mol. The molecule has 1 fully saturated rings. The lowest BCUT2D eigenvalue weighted by Gasteiger charge is -2.36. The van der Waals surface area contributed by atoms with Gasteiger partial charge in [-0.25, -0.2) is 4.39 Å². The molecule has 0 N–H and O–H groups in total. The number of morpholine rings is 1. The molecule has 5 nitrogen and oxygen atoms in total. The minimum absolute atomic E-state index is 0.0171. The highest BCUT2D eigenvalue weighted by Gasteiger charge is 2.32. The monoisotopic (exact) mass is 331 g/mol. The van der Waals surface area contributed by atoms with Crippen molar-refractivity contribution in [2.75, 3.05) is 19.8 Å². The van der Waals surface area contributed by atoms with Crippen molar-refractivity contribution in [3.05, 3.63) is 52.6 Å². The summed E-state index contributed by atoms with van der Waals surface area (Å²) in [7, 11) is 1.90. The van der Waals surface area contributed by atoms with E-state index in [9.17, 15) is 9.18 Å². The SMILES string of the molecule is Cc1nn(C)c(C)c1C1COCCN1C(=O)Cc1cccc(F)c1. The standard InChI is InChI=1S/C18H22FN3O2/c1-12-18(13(2)21(3)20-12)16-11-24-8-7-22(16)17(23)10-14-5-4-6-15(19)9-14/h4-6,9,16H,7-8,10-11H2,1-3H3. The predicted molar refractivity (Wildman–Crippen MR) is 88.1 cm³/mol. The number of rotatable bonds is 3. The van der Waals surface area contributed by atoms with Crippen LogP contribution in [0, 0.1) is 19.7 Å². The van der Waals surface area contributed by atoms with E-state index < -0.39 is 0 Å². The van der Waals surface area contributed by atoms with Crippen molar-refractivity contribution in [2.45, 2.75) is 26.3 Å². The van der Waals surface area contributed by atoms with Crippen molar-refractivity contribution >= 4 is 5.91 Å². The third-order valence-corrected chi connectivity index (χ3v) is 4.59. The Labute approximate surface area is 141 Å². The fourth-order valence-corrected chi connectivity index (χ4v) is 3.34. The average Bonchev–Trinajstić information content (AvgIpc) is 2.80. The fraction of sp³-hybridized carbons (Fsp3) is 0.444. The number of ether oxygens (including phenoxy) is 1. The maximum absolute atomic E-state index is 13.4. The van der Waals surface area contributed by atoms with Crippen LogP contribution in [-0.4, -0.2) is 40.3 Å². The molecule has 24 heavy (non-hydrogen) atoms. The van der Waals surface area contributed by atoms with E-state index in [-0.39, 0.29) is 24.2 Å². The zero-order valence-electron chi connectivity index (χ0n) is 14.3. The summed E-state index contributed by atoms with van der Waals surface area (Å²) in [6.45, 7) is 5.46. The van der Waals surface area contributed by atoms with Crippen LogP contribution in [0.3, 0.4) is 0 Å². The number of aryl methyl sites for hydroxylation is 2. The Hall–Kier alpha value is -2.21. The van der Waals surface area contributed by atoms with Gasteiger partial charge in [0, 0.05) is 24.8 Å². The Morgan fingerprint density at radius 3 is 2.88 bits per heavy atom. The molecule has 0 spiro atoms. The van der Waals surface area contributed by atoms with E-state index >= 15 is 0 Å². The number of hydrogen-bond donors (Lipinski definition) is 0. The Bertz CT molecular complexity index is 757. The maximum Gasteiger partial charge on any atom is 0.227 e. The van der Waals surface area contributed by atoms with Gasteiger partial charge < -0.3 is 9.64 Å². The molecule has 1 amide bonds. The first-order valence-corrected chi connectivity index (χ1v) is 8.09. The van der Waals surface area contributed by atoms with Gasteiger partial charge in [0.25, 0.3) is 0 Å². The smallest absolute Gasteiger partial charge is 0.227 e. The number of carbonyl (C=O) groups excluding carboxylic acids is 1. The molecule has 1 saturated heterocycles. The highest BCUT2D eigenvalue weighted by molar-refractivity contribution is 5.79. The Morgan fingerprint density at radius 2 is 2.21 bits per heavy atom. The largest absolute Gasteiger partial charge is 0.377 e. The van der Waals surface area contributed by atoms with Gasteiger partial charge in [-0.3, -0.25) is 9.48 Å². The Kier molecular flexibility index (Phi) is 4.66. The number of aromatic nitrogens is 2. The maximum atomic E-state index is 13.4. The molecule has 1 aliphatic heterocycles. The molecule has 128 valence electrons.